The molecule has 9 heteroatoms. The molecule has 1 amide bonds. The summed E-state index contributed by atoms with van der Waals surface area (Å²) < 4.78 is 25.3. The first-order valence-electron chi connectivity index (χ1n) is 10.6. The minimum Gasteiger partial charge on any atom is -0.492 e. The van der Waals surface area contributed by atoms with Crippen molar-refractivity contribution in [1.82, 2.24) is 14.9 Å². The maximum absolute atomic E-state index is 13.6. The summed E-state index contributed by atoms with van der Waals surface area (Å²) in [5, 5.41) is 2.95. The van der Waals surface area contributed by atoms with Gasteiger partial charge in [0.1, 0.15) is 30.5 Å². The monoisotopic (exact) mass is 451 g/mol. The largest absolute Gasteiger partial charge is 0.492 e. The minimum absolute atomic E-state index is 0.175. The van der Waals surface area contributed by atoms with E-state index in [1.807, 2.05) is 31.1 Å². The van der Waals surface area contributed by atoms with E-state index in [4.69, 9.17) is 15.2 Å². The molecule has 2 heterocycles. The van der Waals surface area contributed by atoms with E-state index >= 15 is 0 Å². The van der Waals surface area contributed by atoms with Crippen molar-refractivity contribution in [3.8, 4) is 22.8 Å². The summed E-state index contributed by atoms with van der Waals surface area (Å²) in [6.07, 6.45) is 1.98. The van der Waals surface area contributed by atoms with Crippen LogP contribution in [0.4, 0.5) is 16.0 Å². The van der Waals surface area contributed by atoms with Gasteiger partial charge < -0.3 is 25.4 Å². The molecule has 0 saturated carbocycles. The summed E-state index contributed by atoms with van der Waals surface area (Å²) >= 11 is 0. The highest BCUT2D eigenvalue weighted by Crippen LogP contribution is 2.32. The molecule has 1 aromatic heterocycles. The molecular weight excluding hydrogens is 425 g/mol. The van der Waals surface area contributed by atoms with Crippen LogP contribution in [0.3, 0.4) is 0 Å². The maximum atomic E-state index is 13.6. The predicted octanol–water partition coefficient (Wildman–Crippen LogP) is 3.00. The number of halogens is 1. The number of amides is 1. The SMILES string of the molecule is CN(C)CCOc1cc(-c2ccnc(N)n2)ccc1NC(=O)C1COc2ccc(F)cc2C1. The van der Waals surface area contributed by atoms with Gasteiger partial charge in [-0.15, -0.1) is 0 Å². The molecule has 0 radical (unpaired) electrons. The number of carbonyl (C=O) groups excluding carboxylic acids is 1. The molecular formula is C24H26FN5O3. The minimum atomic E-state index is -0.449. The second-order valence-corrected chi connectivity index (χ2v) is 8.12. The number of hydrogen-bond donors (Lipinski definition) is 2. The lowest BCUT2D eigenvalue weighted by Crippen LogP contribution is -2.32. The highest BCUT2D eigenvalue weighted by Gasteiger charge is 2.27. The van der Waals surface area contributed by atoms with Gasteiger partial charge in [0.2, 0.25) is 11.9 Å². The Hall–Kier alpha value is -3.72. The second kappa shape index (κ2) is 9.83. The Kier molecular flexibility index (Phi) is 6.69. The Labute approximate surface area is 191 Å². The third kappa shape index (κ3) is 5.56. The van der Waals surface area contributed by atoms with Gasteiger partial charge in [-0.25, -0.2) is 14.4 Å². The Morgan fingerprint density at radius 2 is 2.12 bits per heavy atom. The van der Waals surface area contributed by atoms with Crippen molar-refractivity contribution in [3.63, 3.8) is 0 Å². The van der Waals surface area contributed by atoms with E-state index in [0.29, 0.717) is 48.0 Å². The molecule has 1 aliphatic heterocycles. The van der Waals surface area contributed by atoms with E-state index in [1.54, 1.807) is 24.4 Å². The molecule has 1 atom stereocenters. The number of nitrogens with one attached hydrogen (secondary N) is 1. The average molecular weight is 452 g/mol. The van der Waals surface area contributed by atoms with Gasteiger partial charge in [0.25, 0.3) is 0 Å². The van der Waals surface area contributed by atoms with Gasteiger partial charge in [0.15, 0.2) is 0 Å². The van der Waals surface area contributed by atoms with Crippen molar-refractivity contribution in [2.75, 3.05) is 44.9 Å². The molecule has 172 valence electrons. The number of anilines is 2. The number of fused-ring (bicyclic) bond motifs is 1. The standard InChI is InChI=1S/C24H26FN5O3/c1-30(2)9-10-32-22-13-15(19-7-8-27-24(26)29-19)3-5-20(22)28-23(31)17-11-16-12-18(25)4-6-21(16)33-14-17/h3-8,12-13,17H,9-11,14H2,1-2H3,(H,28,31)(H2,26,27,29). The number of aromatic nitrogens is 2. The van der Waals surface area contributed by atoms with Crippen LogP contribution in [-0.4, -0.2) is 54.6 Å². The fraction of sp³-hybridized carbons (Fsp3) is 0.292. The first-order chi connectivity index (χ1) is 15.9. The number of hydrogen-bond acceptors (Lipinski definition) is 7. The lowest BCUT2D eigenvalue weighted by molar-refractivity contribution is -0.121. The van der Waals surface area contributed by atoms with Crippen molar-refractivity contribution in [1.29, 1.82) is 0 Å². The van der Waals surface area contributed by atoms with E-state index in [1.165, 1.54) is 12.1 Å². The molecule has 33 heavy (non-hydrogen) atoms. The van der Waals surface area contributed by atoms with Gasteiger partial charge in [-0.3, -0.25) is 4.79 Å². The van der Waals surface area contributed by atoms with Crippen LogP contribution in [0.5, 0.6) is 11.5 Å². The summed E-state index contributed by atoms with van der Waals surface area (Å²) in [4.78, 5) is 23.2. The molecule has 1 aliphatic rings. The second-order valence-electron chi connectivity index (χ2n) is 8.12. The highest BCUT2D eigenvalue weighted by atomic mass is 19.1. The molecule has 0 aliphatic carbocycles. The predicted molar refractivity (Wildman–Crippen MR) is 124 cm³/mol. The number of benzene rings is 2. The Balaban J connectivity index is 1.54. The number of nitrogens with zero attached hydrogens (tertiary/aromatic N) is 3. The van der Waals surface area contributed by atoms with Crippen LogP contribution in [0.15, 0.2) is 48.7 Å². The van der Waals surface area contributed by atoms with Gasteiger partial charge in [-0.2, -0.15) is 0 Å². The first-order valence-corrected chi connectivity index (χ1v) is 10.6. The van der Waals surface area contributed by atoms with Gasteiger partial charge in [-0.05, 0) is 62.5 Å². The van der Waals surface area contributed by atoms with E-state index in [9.17, 15) is 9.18 Å². The van der Waals surface area contributed by atoms with Gasteiger partial charge in [0.05, 0.1) is 17.3 Å². The van der Waals surface area contributed by atoms with Crippen LogP contribution in [-0.2, 0) is 11.2 Å². The lowest BCUT2D eigenvalue weighted by Gasteiger charge is -2.25. The molecule has 0 bridgehead atoms. The third-order valence-corrected chi connectivity index (χ3v) is 5.31. The fourth-order valence-electron chi connectivity index (χ4n) is 3.54. The molecule has 1 unspecified atom stereocenters. The van der Waals surface area contributed by atoms with Crippen LogP contribution in [0, 0.1) is 11.7 Å². The third-order valence-electron chi connectivity index (χ3n) is 5.31. The topological polar surface area (TPSA) is 103 Å². The molecule has 3 N–H and O–H groups in total. The lowest BCUT2D eigenvalue weighted by atomic mass is 9.95. The molecule has 0 saturated heterocycles. The summed E-state index contributed by atoms with van der Waals surface area (Å²) in [7, 11) is 3.91. The molecule has 4 rings (SSSR count). The molecule has 2 aromatic carbocycles. The first kappa shape index (κ1) is 22.5. The quantitative estimate of drug-likeness (QED) is 0.569. The highest BCUT2D eigenvalue weighted by molar-refractivity contribution is 5.95. The van der Waals surface area contributed by atoms with Crippen molar-refractivity contribution >= 4 is 17.5 Å². The Morgan fingerprint density at radius 1 is 1.27 bits per heavy atom. The van der Waals surface area contributed by atoms with Crippen LogP contribution < -0.4 is 20.5 Å². The number of ether oxygens (including phenoxy) is 2. The molecule has 0 fully saturated rings. The number of nitrogen functional groups attached to an aromatic ring is 1. The summed E-state index contributed by atoms with van der Waals surface area (Å²) in [6.45, 7) is 1.36. The van der Waals surface area contributed by atoms with Gasteiger partial charge >= 0.3 is 0 Å². The number of carbonyl (C=O) groups is 1. The number of likely N-dealkylation sites (N-methyl/N-ethyl adjacent to an activating group) is 1. The van der Waals surface area contributed by atoms with Crippen LogP contribution >= 0.6 is 0 Å². The van der Waals surface area contributed by atoms with E-state index in [-0.39, 0.29) is 24.3 Å². The zero-order chi connectivity index (χ0) is 23.4. The Morgan fingerprint density at radius 3 is 2.91 bits per heavy atom. The number of rotatable bonds is 7. The number of nitrogens with two attached hydrogens (primary N) is 1. The van der Waals surface area contributed by atoms with Crippen molar-refractivity contribution in [2.24, 2.45) is 5.92 Å². The van der Waals surface area contributed by atoms with E-state index < -0.39 is 5.92 Å². The zero-order valence-corrected chi connectivity index (χ0v) is 18.5. The normalized spacial score (nSPS) is 15.0. The Bertz CT molecular complexity index is 1150. The molecule has 0 spiro atoms. The van der Waals surface area contributed by atoms with E-state index in [0.717, 1.165) is 5.56 Å². The van der Waals surface area contributed by atoms with Crippen molar-refractivity contribution in [3.05, 3.63) is 60.0 Å². The van der Waals surface area contributed by atoms with E-state index in [2.05, 4.69) is 15.3 Å². The zero-order valence-electron chi connectivity index (χ0n) is 18.5. The van der Waals surface area contributed by atoms with Gasteiger partial charge in [-0.1, -0.05) is 6.07 Å². The summed E-state index contributed by atoms with van der Waals surface area (Å²) in [5.74, 6) is 0.284. The fourth-order valence-corrected chi connectivity index (χ4v) is 3.54. The van der Waals surface area contributed by atoms with Crippen molar-refractivity contribution in [2.45, 2.75) is 6.42 Å². The van der Waals surface area contributed by atoms with Gasteiger partial charge in [0, 0.05) is 18.3 Å². The summed E-state index contributed by atoms with van der Waals surface area (Å²) in [6, 6.07) is 11.5. The van der Waals surface area contributed by atoms with Crippen LogP contribution in [0.1, 0.15) is 5.56 Å². The van der Waals surface area contributed by atoms with Crippen molar-refractivity contribution < 1.29 is 18.7 Å². The molecule has 8 nitrogen and oxygen atoms in total. The summed E-state index contributed by atoms with van der Waals surface area (Å²) in [5.41, 5.74) is 8.37. The van der Waals surface area contributed by atoms with Crippen LogP contribution in [0.25, 0.3) is 11.3 Å². The average Bonchev–Trinajstić information content (AvgIpc) is 2.79. The van der Waals surface area contributed by atoms with Crippen LogP contribution in [0.2, 0.25) is 0 Å². The molecule has 3 aromatic rings. The smallest absolute Gasteiger partial charge is 0.231 e. The maximum Gasteiger partial charge on any atom is 0.231 e.